The molecule has 2 heterocycles. The van der Waals surface area contributed by atoms with Gasteiger partial charge in [-0.1, -0.05) is 31.2 Å². The lowest BCUT2D eigenvalue weighted by atomic mass is 10.2. The third kappa shape index (κ3) is 4.79. The van der Waals surface area contributed by atoms with Crippen LogP contribution in [0.1, 0.15) is 32.6 Å². The molecule has 1 fully saturated rings. The number of carbonyl (C=O) groups is 2. The number of aromatic nitrogens is 3. The van der Waals surface area contributed by atoms with Crippen molar-refractivity contribution in [1.82, 2.24) is 14.8 Å². The zero-order valence-electron chi connectivity index (χ0n) is 15.2. The lowest BCUT2D eigenvalue weighted by Gasteiger charge is -2.16. The topological polar surface area (TPSA) is 100 Å². The van der Waals surface area contributed by atoms with Crippen LogP contribution >= 0.6 is 11.8 Å². The fraction of sp³-hybridized carbons (Fsp3) is 0.444. The van der Waals surface area contributed by atoms with Gasteiger partial charge in [0, 0.05) is 30.9 Å². The van der Waals surface area contributed by atoms with Crippen molar-refractivity contribution < 1.29 is 9.59 Å². The molecule has 2 N–H and O–H groups in total. The highest BCUT2D eigenvalue weighted by molar-refractivity contribution is 7.99. The minimum Gasteiger partial charge on any atom is -0.325 e. The second kappa shape index (κ2) is 8.90. The molecule has 3 rings (SSSR count). The summed E-state index contributed by atoms with van der Waals surface area (Å²) in [5.41, 5.74) is 1.18. The molecule has 0 spiro atoms. The van der Waals surface area contributed by atoms with E-state index in [0.717, 1.165) is 24.9 Å². The number of anilines is 2. The van der Waals surface area contributed by atoms with Gasteiger partial charge in [-0.05, 0) is 31.0 Å². The molecule has 0 radical (unpaired) electrons. The van der Waals surface area contributed by atoms with E-state index in [4.69, 9.17) is 0 Å². The molecule has 0 atom stereocenters. The number of nitrogens with one attached hydrogen (secondary N) is 2. The van der Waals surface area contributed by atoms with Gasteiger partial charge in [-0.2, -0.15) is 0 Å². The van der Waals surface area contributed by atoms with Crippen LogP contribution in [0.15, 0.2) is 34.2 Å². The van der Waals surface area contributed by atoms with Gasteiger partial charge in [-0.3, -0.25) is 14.2 Å². The summed E-state index contributed by atoms with van der Waals surface area (Å²) >= 11 is 1.22. The first kappa shape index (κ1) is 19.2. The first-order valence-corrected chi connectivity index (χ1v) is 10.1. The summed E-state index contributed by atoms with van der Waals surface area (Å²) in [6, 6.07) is 7.28. The van der Waals surface area contributed by atoms with Crippen molar-refractivity contribution in [3.05, 3.63) is 34.7 Å². The lowest BCUT2D eigenvalue weighted by Crippen LogP contribution is -2.24. The van der Waals surface area contributed by atoms with Crippen molar-refractivity contribution >= 4 is 35.0 Å². The summed E-state index contributed by atoms with van der Waals surface area (Å²) in [4.78, 5) is 37.7. The highest BCUT2D eigenvalue weighted by Gasteiger charge is 2.21. The zero-order valence-corrected chi connectivity index (χ0v) is 16.1. The molecular weight excluding hydrogens is 366 g/mol. The van der Waals surface area contributed by atoms with Crippen LogP contribution in [-0.2, 0) is 16.1 Å². The number of carbonyl (C=O) groups excluding carboxylic acids is 2. The molecule has 1 aliphatic heterocycles. The highest BCUT2D eigenvalue weighted by Crippen LogP contribution is 2.24. The van der Waals surface area contributed by atoms with Crippen molar-refractivity contribution in [2.75, 3.05) is 22.5 Å². The van der Waals surface area contributed by atoms with Gasteiger partial charge in [0.05, 0.1) is 5.75 Å². The fourth-order valence-corrected chi connectivity index (χ4v) is 3.70. The number of hydrogen-bond acceptors (Lipinski definition) is 5. The summed E-state index contributed by atoms with van der Waals surface area (Å²) in [7, 11) is 0. The van der Waals surface area contributed by atoms with Crippen LogP contribution in [0.25, 0.3) is 0 Å². The van der Waals surface area contributed by atoms with Gasteiger partial charge in [-0.15, -0.1) is 5.10 Å². The molecule has 0 aliphatic carbocycles. The second-order valence-corrected chi connectivity index (χ2v) is 7.30. The van der Waals surface area contributed by atoms with Crippen LogP contribution in [0.2, 0.25) is 0 Å². The zero-order chi connectivity index (χ0) is 19.2. The number of amides is 2. The van der Waals surface area contributed by atoms with E-state index in [-0.39, 0.29) is 23.3 Å². The summed E-state index contributed by atoms with van der Waals surface area (Å²) < 4.78 is 1.56. The molecule has 0 saturated carbocycles. The number of hydrogen-bond donors (Lipinski definition) is 2. The predicted octanol–water partition coefficient (Wildman–Crippen LogP) is 2.23. The molecule has 1 saturated heterocycles. The van der Waals surface area contributed by atoms with E-state index in [1.807, 2.05) is 12.1 Å². The van der Waals surface area contributed by atoms with Gasteiger partial charge in [0.25, 0.3) is 0 Å². The van der Waals surface area contributed by atoms with Crippen molar-refractivity contribution in [3.63, 3.8) is 0 Å². The minimum atomic E-state index is -0.255. The van der Waals surface area contributed by atoms with E-state index >= 15 is 0 Å². The second-order valence-electron chi connectivity index (χ2n) is 6.35. The molecule has 0 unspecified atom stereocenters. The van der Waals surface area contributed by atoms with E-state index < -0.39 is 0 Å². The van der Waals surface area contributed by atoms with E-state index in [1.54, 1.807) is 21.6 Å². The minimum absolute atomic E-state index is 0.109. The molecule has 27 heavy (non-hydrogen) atoms. The number of rotatable bonds is 8. The predicted molar refractivity (Wildman–Crippen MR) is 105 cm³/mol. The largest absolute Gasteiger partial charge is 0.343 e. The average molecular weight is 389 g/mol. The number of thioether (sulfide) groups is 1. The molecule has 8 nitrogen and oxygen atoms in total. The molecule has 2 aromatic rings. The van der Waals surface area contributed by atoms with Gasteiger partial charge in [0.15, 0.2) is 5.16 Å². The summed E-state index contributed by atoms with van der Waals surface area (Å²) in [6.07, 6.45) is 3.27. The summed E-state index contributed by atoms with van der Waals surface area (Å²) in [5, 5.41) is 9.77. The van der Waals surface area contributed by atoms with Gasteiger partial charge in [-0.25, -0.2) is 9.89 Å². The summed E-state index contributed by atoms with van der Waals surface area (Å²) in [5.74, 6) is 0.0588. The standard InChI is InChI=1S/C18H23N5O3S/c1-2-3-9-23-17(26)20-21-18(23)27-12-15(24)19-13-6-4-7-14(11-13)22-10-5-8-16(22)25/h4,6-7,11H,2-3,5,8-10,12H2,1H3,(H,19,24)(H,20,26). The Balaban J connectivity index is 1.59. The average Bonchev–Trinajstić information content (AvgIpc) is 3.24. The molecule has 1 aromatic carbocycles. The Labute approximate surface area is 161 Å². The van der Waals surface area contributed by atoms with E-state index in [9.17, 15) is 14.4 Å². The van der Waals surface area contributed by atoms with E-state index in [1.165, 1.54) is 11.8 Å². The fourth-order valence-electron chi connectivity index (χ4n) is 2.93. The van der Waals surface area contributed by atoms with Crippen LogP contribution in [-0.4, -0.2) is 38.9 Å². The van der Waals surface area contributed by atoms with Gasteiger partial charge < -0.3 is 10.2 Å². The monoisotopic (exact) mass is 389 g/mol. The quantitative estimate of drug-likeness (QED) is 0.675. The normalized spacial score (nSPS) is 14.0. The molecule has 2 amide bonds. The van der Waals surface area contributed by atoms with Crippen molar-refractivity contribution in [1.29, 1.82) is 0 Å². The van der Waals surface area contributed by atoms with Crippen LogP contribution < -0.4 is 15.9 Å². The van der Waals surface area contributed by atoms with Gasteiger partial charge in [0.1, 0.15) is 0 Å². The number of nitrogens with zero attached hydrogens (tertiary/aromatic N) is 3. The third-order valence-corrected chi connectivity index (χ3v) is 5.28. The Kier molecular flexibility index (Phi) is 6.33. The van der Waals surface area contributed by atoms with Crippen molar-refractivity contribution in [2.24, 2.45) is 0 Å². The number of unbranched alkanes of at least 4 members (excludes halogenated alkanes) is 1. The van der Waals surface area contributed by atoms with Crippen molar-refractivity contribution in [3.8, 4) is 0 Å². The molecular formula is C18H23N5O3S. The molecule has 144 valence electrons. The first-order chi connectivity index (χ1) is 13.1. The Morgan fingerprint density at radius 3 is 2.96 bits per heavy atom. The van der Waals surface area contributed by atoms with Crippen molar-refractivity contribution in [2.45, 2.75) is 44.3 Å². The number of benzene rings is 1. The molecule has 1 aliphatic rings. The van der Waals surface area contributed by atoms with Gasteiger partial charge >= 0.3 is 5.69 Å². The number of H-pyrrole nitrogens is 1. The lowest BCUT2D eigenvalue weighted by molar-refractivity contribution is -0.117. The van der Waals surface area contributed by atoms with E-state index in [0.29, 0.717) is 30.4 Å². The first-order valence-electron chi connectivity index (χ1n) is 9.06. The van der Waals surface area contributed by atoms with Crippen LogP contribution in [0.5, 0.6) is 0 Å². The third-order valence-electron chi connectivity index (χ3n) is 4.31. The van der Waals surface area contributed by atoms with Crippen LogP contribution in [0, 0.1) is 0 Å². The number of aromatic amines is 1. The SMILES string of the molecule is CCCCn1c(SCC(=O)Nc2cccc(N3CCCC3=O)c2)n[nH]c1=O. The maximum absolute atomic E-state index is 12.3. The smallest absolute Gasteiger partial charge is 0.325 e. The molecule has 0 bridgehead atoms. The Hall–Kier alpha value is -2.55. The maximum Gasteiger partial charge on any atom is 0.343 e. The van der Waals surface area contributed by atoms with Crippen LogP contribution in [0.4, 0.5) is 11.4 Å². The molecule has 9 heteroatoms. The Morgan fingerprint density at radius 2 is 2.22 bits per heavy atom. The molecule has 1 aromatic heterocycles. The van der Waals surface area contributed by atoms with Crippen LogP contribution in [0.3, 0.4) is 0 Å². The highest BCUT2D eigenvalue weighted by atomic mass is 32.2. The summed E-state index contributed by atoms with van der Waals surface area (Å²) in [6.45, 7) is 3.34. The Morgan fingerprint density at radius 1 is 1.37 bits per heavy atom. The van der Waals surface area contributed by atoms with E-state index in [2.05, 4.69) is 22.4 Å². The Bertz CT molecular complexity index is 876. The maximum atomic E-state index is 12.3. The van der Waals surface area contributed by atoms with Gasteiger partial charge in [0.2, 0.25) is 11.8 Å².